The standard InChI is InChI=1S/C18H14N6O2/c1-24-14-5-2-6-15(26-12-4-3-7-19-10-12)16(14)17(23-24)22-18(25)13-11-20-8-9-21-13/h2-11H,1H3,(H,22,23,25). The molecular formula is C18H14N6O2. The number of rotatable bonds is 4. The predicted molar refractivity (Wildman–Crippen MR) is 95.0 cm³/mol. The molecule has 4 rings (SSSR count). The van der Waals surface area contributed by atoms with Gasteiger partial charge in [0.1, 0.15) is 17.2 Å². The van der Waals surface area contributed by atoms with Gasteiger partial charge in [0.15, 0.2) is 5.82 Å². The molecule has 1 aromatic carbocycles. The predicted octanol–water partition coefficient (Wildman–Crippen LogP) is 2.80. The fourth-order valence-corrected chi connectivity index (χ4v) is 2.58. The quantitative estimate of drug-likeness (QED) is 0.610. The largest absolute Gasteiger partial charge is 0.455 e. The topological polar surface area (TPSA) is 94.8 Å². The van der Waals surface area contributed by atoms with Crippen molar-refractivity contribution in [2.75, 3.05) is 5.32 Å². The smallest absolute Gasteiger partial charge is 0.277 e. The molecule has 0 spiro atoms. The fourth-order valence-electron chi connectivity index (χ4n) is 2.58. The highest BCUT2D eigenvalue weighted by Crippen LogP contribution is 2.34. The van der Waals surface area contributed by atoms with Crippen LogP contribution in [0, 0.1) is 0 Å². The second-order valence-electron chi connectivity index (χ2n) is 5.46. The van der Waals surface area contributed by atoms with Gasteiger partial charge in [-0.1, -0.05) is 6.07 Å². The van der Waals surface area contributed by atoms with Gasteiger partial charge in [-0.2, -0.15) is 5.10 Å². The van der Waals surface area contributed by atoms with E-state index in [1.54, 1.807) is 36.3 Å². The van der Waals surface area contributed by atoms with Gasteiger partial charge in [0.2, 0.25) is 0 Å². The van der Waals surface area contributed by atoms with Gasteiger partial charge in [-0.3, -0.25) is 19.4 Å². The Morgan fingerprint density at radius 2 is 1.96 bits per heavy atom. The van der Waals surface area contributed by atoms with Crippen LogP contribution >= 0.6 is 0 Å². The summed E-state index contributed by atoms with van der Waals surface area (Å²) in [6.07, 6.45) is 7.65. The van der Waals surface area contributed by atoms with Crippen LogP contribution in [0.15, 0.2) is 61.3 Å². The summed E-state index contributed by atoms with van der Waals surface area (Å²) in [5.41, 5.74) is 1.03. The van der Waals surface area contributed by atoms with Crippen LogP contribution in [0.25, 0.3) is 10.9 Å². The van der Waals surface area contributed by atoms with Crippen molar-refractivity contribution in [3.63, 3.8) is 0 Å². The van der Waals surface area contributed by atoms with Crippen LogP contribution in [0.5, 0.6) is 11.5 Å². The van der Waals surface area contributed by atoms with Gasteiger partial charge in [0, 0.05) is 25.6 Å². The minimum atomic E-state index is -0.394. The summed E-state index contributed by atoms with van der Waals surface area (Å²) in [6, 6.07) is 9.17. The Morgan fingerprint density at radius 1 is 1.08 bits per heavy atom. The first kappa shape index (κ1) is 15.7. The number of fused-ring (bicyclic) bond motifs is 1. The van der Waals surface area contributed by atoms with E-state index >= 15 is 0 Å². The SMILES string of the molecule is Cn1nc(NC(=O)c2cnccn2)c2c(Oc3cccnc3)cccc21. The van der Waals surface area contributed by atoms with E-state index in [2.05, 4.69) is 25.4 Å². The highest BCUT2D eigenvalue weighted by molar-refractivity contribution is 6.08. The fraction of sp³-hybridized carbons (Fsp3) is 0.0556. The maximum atomic E-state index is 12.4. The summed E-state index contributed by atoms with van der Waals surface area (Å²) in [7, 11) is 1.80. The average Bonchev–Trinajstić information content (AvgIpc) is 3.00. The molecule has 0 saturated heterocycles. The number of hydrogen-bond acceptors (Lipinski definition) is 6. The van der Waals surface area contributed by atoms with E-state index in [4.69, 9.17) is 4.74 Å². The highest BCUT2D eigenvalue weighted by Gasteiger charge is 2.17. The number of aromatic nitrogens is 5. The van der Waals surface area contributed by atoms with E-state index < -0.39 is 5.91 Å². The molecule has 8 heteroatoms. The van der Waals surface area contributed by atoms with E-state index in [-0.39, 0.29) is 5.69 Å². The zero-order chi connectivity index (χ0) is 17.9. The molecule has 0 aliphatic heterocycles. The Hall–Kier alpha value is -3.81. The van der Waals surface area contributed by atoms with Crippen molar-refractivity contribution in [2.24, 2.45) is 7.05 Å². The van der Waals surface area contributed by atoms with Crippen molar-refractivity contribution in [1.29, 1.82) is 0 Å². The maximum absolute atomic E-state index is 12.4. The lowest BCUT2D eigenvalue weighted by Gasteiger charge is -2.08. The van der Waals surface area contributed by atoms with E-state index in [0.29, 0.717) is 22.7 Å². The third kappa shape index (κ3) is 2.95. The van der Waals surface area contributed by atoms with Crippen molar-refractivity contribution >= 4 is 22.6 Å². The molecule has 8 nitrogen and oxygen atoms in total. The molecule has 3 heterocycles. The first-order valence-electron chi connectivity index (χ1n) is 7.83. The Labute approximate surface area is 148 Å². The number of carbonyl (C=O) groups excluding carboxylic acids is 1. The van der Waals surface area contributed by atoms with Crippen LogP contribution in [0.4, 0.5) is 5.82 Å². The third-order valence-corrected chi connectivity index (χ3v) is 3.73. The lowest BCUT2D eigenvalue weighted by Crippen LogP contribution is -2.14. The maximum Gasteiger partial charge on any atom is 0.277 e. The van der Waals surface area contributed by atoms with Gasteiger partial charge in [0.25, 0.3) is 5.91 Å². The van der Waals surface area contributed by atoms with Crippen LogP contribution in [0.1, 0.15) is 10.5 Å². The molecule has 1 amide bonds. The van der Waals surface area contributed by atoms with Gasteiger partial charge >= 0.3 is 0 Å². The average molecular weight is 346 g/mol. The number of ether oxygens (including phenoxy) is 1. The molecule has 0 aliphatic rings. The van der Waals surface area contributed by atoms with Crippen LogP contribution in [-0.4, -0.2) is 30.6 Å². The zero-order valence-electron chi connectivity index (χ0n) is 13.8. The number of nitrogens with one attached hydrogen (secondary N) is 1. The number of anilines is 1. The molecule has 4 aromatic rings. The first-order valence-corrected chi connectivity index (χ1v) is 7.83. The summed E-state index contributed by atoms with van der Waals surface area (Å²) in [5, 5.41) is 7.87. The lowest BCUT2D eigenvalue weighted by molar-refractivity contribution is 0.102. The molecule has 0 unspecified atom stereocenters. The molecule has 0 atom stereocenters. The molecule has 128 valence electrons. The second kappa shape index (κ2) is 6.60. The van der Waals surface area contributed by atoms with Crippen LogP contribution in [0.2, 0.25) is 0 Å². The normalized spacial score (nSPS) is 10.7. The number of carbonyl (C=O) groups is 1. The summed E-state index contributed by atoms with van der Waals surface area (Å²) < 4.78 is 7.62. The number of amides is 1. The van der Waals surface area contributed by atoms with Crippen LogP contribution in [-0.2, 0) is 7.05 Å². The molecular weight excluding hydrogens is 332 g/mol. The molecule has 3 aromatic heterocycles. The number of nitrogens with zero attached hydrogens (tertiary/aromatic N) is 5. The summed E-state index contributed by atoms with van der Waals surface area (Å²) >= 11 is 0. The second-order valence-corrected chi connectivity index (χ2v) is 5.46. The molecule has 1 N–H and O–H groups in total. The van der Waals surface area contributed by atoms with Crippen LogP contribution in [0.3, 0.4) is 0 Å². The molecule has 26 heavy (non-hydrogen) atoms. The Kier molecular flexibility index (Phi) is 3.98. The molecule has 0 fully saturated rings. The monoisotopic (exact) mass is 346 g/mol. The minimum Gasteiger partial charge on any atom is -0.455 e. The van der Waals surface area contributed by atoms with Crippen molar-refractivity contribution in [1.82, 2.24) is 24.7 Å². The Bertz CT molecular complexity index is 1060. The summed E-state index contributed by atoms with van der Waals surface area (Å²) in [4.78, 5) is 24.4. The molecule has 0 bridgehead atoms. The van der Waals surface area contributed by atoms with E-state index in [1.165, 1.54) is 18.6 Å². The number of pyridine rings is 1. The van der Waals surface area contributed by atoms with Gasteiger partial charge in [0.05, 0.1) is 23.3 Å². The zero-order valence-corrected chi connectivity index (χ0v) is 13.8. The van der Waals surface area contributed by atoms with Crippen LogP contribution < -0.4 is 10.1 Å². The molecule has 0 saturated carbocycles. The summed E-state index contributed by atoms with van der Waals surface area (Å²) in [6.45, 7) is 0. The van der Waals surface area contributed by atoms with Crippen molar-refractivity contribution in [3.05, 3.63) is 67.0 Å². The Balaban J connectivity index is 1.74. The van der Waals surface area contributed by atoms with Gasteiger partial charge in [-0.05, 0) is 24.3 Å². The van der Waals surface area contributed by atoms with Gasteiger partial charge in [-0.15, -0.1) is 0 Å². The summed E-state index contributed by atoms with van der Waals surface area (Å²) in [5.74, 6) is 1.15. The molecule has 0 radical (unpaired) electrons. The first-order chi connectivity index (χ1) is 12.7. The third-order valence-electron chi connectivity index (χ3n) is 3.73. The van der Waals surface area contributed by atoms with E-state index in [9.17, 15) is 4.79 Å². The van der Waals surface area contributed by atoms with Gasteiger partial charge in [-0.25, -0.2) is 4.98 Å². The van der Waals surface area contributed by atoms with E-state index in [0.717, 1.165) is 5.52 Å². The number of aryl methyl sites for hydroxylation is 1. The van der Waals surface area contributed by atoms with Crippen molar-refractivity contribution < 1.29 is 9.53 Å². The van der Waals surface area contributed by atoms with Crippen molar-refractivity contribution in [3.8, 4) is 11.5 Å². The van der Waals surface area contributed by atoms with Gasteiger partial charge < -0.3 is 10.1 Å². The number of benzene rings is 1. The highest BCUT2D eigenvalue weighted by atomic mass is 16.5. The minimum absolute atomic E-state index is 0.206. The number of hydrogen-bond donors (Lipinski definition) is 1. The van der Waals surface area contributed by atoms with E-state index in [1.807, 2.05) is 18.2 Å². The Morgan fingerprint density at radius 3 is 2.73 bits per heavy atom. The van der Waals surface area contributed by atoms with Crippen molar-refractivity contribution in [2.45, 2.75) is 0 Å². The molecule has 0 aliphatic carbocycles. The lowest BCUT2D eigenvalue weighted by atomic mass is 10.2.